The van der Waals surface area contributed by atoms with Crippen molar-refractivity contribution in [3.8, 4) is 0 Å². The van der Waals surface area contributed by atoms with E-state index in [1.807, 2.05) is 24.3 Å². The summed E-state index contributed by atoms with van der Waals surface area (Å²) in [7, 11) is -1.96. The van der Waals surface area contributed by atoms with Gasteiger partial charge in [-0.1, -0.05) is 29.8 Å². The van der Waals surface area contributed by atoms with E-state index in [1.165, 1.54) is 7.05 Å². The molecule has 1 aliphatic rings. The van der Waals surface area contributed by atoms with Gasteiger partial charge in [0.1, 0.15) is 0 Å². The van der Waals surface area contributed by atoms with Gasteiger partial charge in [0.25, 0.3) is 0 Å². The van der Waals surface area contributed by atoms with Crippen molar-refractivity contribution in [2.75, 3.05) is 25.9 Å². The Balaban J connectivity index is 1.99. The van der Waals surface area contributed by atoms with E-state index in [-0.39, 0.29) is 24.4 Å². The number of likely N-dealkylation sites (tertiary alicyclic amines) is 1. The van der Waals surface area contributed by atoms with Crippen molar-refractivity contribution in [1.82, 2.24) is 14.9 Å². The number of carbonyl (C=O) groups is 1. The van der Waals surface area contributed by atoms with Crippen LogP contribution in [-0.4, -0.2) is 45.2 Å². The molecular formula is C14H20ClN3O3S. The fourth-order valence-corrected chi connectivity index (χ4v) is 3.41. The number of rotatable bonds is 5. The van der Waals surface area contributed by atoms with Gasteiger partial charge in [-0.3, -0.25) is 0 Å². The Labute approximate surface area is 135 Å². The highest BCUT2D eigenvalue weighted by Crippen LogP contribution is 2.35. The van der Waals surface area contributed by atoms with Crippen LogP contribution in [0.15, 0.2) is 24.3 Å². The zero-order chi connectivity index (χ0) is 16.2. The van der Waals surface area contributed by atoms with Crippen LogP contribution >= 0.6 is 11.6 Å². The number of halogens is 1. The minimum atomic E-state index is -3.32. The van der Waals surface area contributed by atoms with E-state index in [4.69, 9.17) is 11.6 Å². The number of hydrogen-bond donors (Lipinski definition) is 2. The largest absolute Gasteiger partial charge is 0.337 e. The van der Waals surface area contributed by atoms with E-state index in [2.05, 4.69) is 10.0 Å². The van der Waals surface area contributed by atoms with Crippen LogP contribution in [0.5, 0.6) is 0 Å². The van der Waals surface area contributed by atoms with E-state index in [1.54, 1.807) is 4.90 Å². The van der Waals surface area contributed by atoms with Gasteiger partial charge in [0.2, 0.25) is 10.0 Å². The molecule has 1 aromatic carbocycles. The number of carbonyl (C=O) groups excluding carboxylic acids is 1. The molecule has 6 nitrogen and oxygen atoms in total. The first-order valence-electron chi connectivity index (χ1n) is 7.15. The molecular weight excluding hydrogens is 326 g/mol. The summed E-state index contributed by atoms with van der Waals surface area (Å²) in [4.78, 5) is 14.0. The van der Waals surface area contributed by atoms with Gasteiger partial charge < -0.3 is 10.2 Å². The lowest BCUT2D eigenvalue weighted by Gasteiger charge is -2.26. The molecule has 0 aromatic heterocycles. The molecule has 0 saturated carbocycles. The molecule has 0 aliphatic carbocycles. The number of hydrogen-bond acceptors (Lipinski definition) is 3. The second-order valence-corrected chi connectivity index (χ2v) is 7.58. The molecule has 122 valence electrons. The van der Waals surface area contributed by atoms with Crippen LogP contribution in [0.1, 0.15) is 24.4 Å². The molecule has 1 fully saturated rings. The molecule has 0 unspecified atom stereocenters. The van der Waals surface area contributed by atoms with Crippen LogP contribution in [0.2, 0.25) is 5.02 Å². The monoisotopic (exact) mass is 345 g/mol. The summed E-state index contributed by atoms with van der Waals surface area (Å²) in [5, 5.41) is 3.30. The Bertz CT molecular complexity index is 636. The van der Waals surface area contributed by atoms with Crippen LogP contribution in [0.3, 0.4) is 0 Å². The molecule has 0 radical (unpaired) electrons. The van der Waals surface area contributed by atoms with Gasteiger partial charge in [0, 0.05) is 18.1 Å². The molecule has 2 rings (SSSR count). The average Bonchev–Trinajstić information content (AvgIpc) is 2.97. The summed E-state index contributed by atoms with van der Waals surface area (Å²) in [6.07, 6.45) is 1.75. The second kappa shape index (κ2) is 7.30. The second-order valence-electron chi connectivity index (χ2n) is 5.13. The van der Waals surface area contributed by atoms with E-state index < -0.39 is 10.0 Å². The van der Waals surface area contributed by atoms with Crippen LogP contribution in [0.25, 0.3) is 0 Å². The van der Waals surface area contributed by atoms with Crippen LogP contribution in [-0.2, 0) is 10.0 Å². The fourth-order valence-electron chi connectivity index (χ4n) is 2.57. The number of urea groups is 1. The van der Waals surface area contributed by atoms with Gasteiger partial charge in [0.15, 0.2) is 0 Å². The topological polar surface area (TPSA) is 78.5 Å². The Hall–Kier alpha value is -1.31. The summed E-state index contributed by atoms with van der Waals surface area (Å²) in [6.45, 7) is 0.717. The molecule has 2 N–H and O–H groups in total. The van der Waals surface area contributed by atoms with Gasteiger partial charge >= 0.3 is 6.03 Å². The normalized spacial score (nSPS) is 18.5. The molecule has 1 atom stereocenters. The summed E-state index contributed by atoms with van der Waals surface area (Å²) in [5.74, 6) is -0.139. The minimum absolute atomic E-state index is 0.0605. The molecule has 1 aliphatic heterocycles. The molecule has 0 spiro atoms. The standard InChI is InChI=1S/C14H20ClN3O3S/c1-16-22(20,21)10-8-17-14(19)18-9-4-7-13(18)11-5-2-3-6-12(11)15/h2-3,5-6,13,16H,4,7-10H2,1H3,(H,17,19)/t13-/m0/s1. The molecule has 1 heterocycles. The molecule has 8 heteroatoms. The summed E-state index contributed by atoms with van der Waals surface area (Å²) in [6, 6.07) is 7.17. The Morgan fingerprint density at radius 2 is 2.14 bits per heavy atom. The summed E-state index contributed by atoms with van der Waals surface area (Å²) in [5.41, 5.74) is 0.930. The maximum absolute atomic E-state index is 12.3. The Morgan fingerprint density at radius 3 is 2.82 bits per heavy atom. The maximum Gasteiger partial charge on any atom is 0.317 e. The van der Waals surface area contributed by atoms with Crippen molar-refractivity contribution in [2.24, 2.45) is 0 Å². The molecule has 1 aromatic rings. The highest BCUT2D eigenvalue weighted by molar-refractivity contribution is 7.89. The third-order valence-electron chi connectivity index (χ3n) is 3.74. The predicted octanol–water partition coefficient (Wildman–Crippen LogP) is 1.74. The molecule has 2 amide bonds. The quantitative estimate of drug-likeness (QED) is 0.853. The fraction of sp³-hybridized carbons (Fsp3) is 0.500. The predicted molar refractivity (Wildman–Crippen MR) is 86.4 cm³/mol. The van der Waals surface area contributed by atoms with E-state index in [9.17, 15) is 13.2 Å². The first-order valence-corrected chi connectivity index (χ1v) is 9.18. The number of sulfonamides is 1. The number of benzene rings is 1. The Morgan fingerprint density at radius 1 is 1.41 bits per heavy atom. The van der Waals surface area contributed by atoms with Gasteiger partial charge in [-0.05, 0) is 31.5 Å². The van der Waals surface area contributed by atoms with E-state index in [0.29, 0.717) is 11.6 Å². The molecule has 22 heavy (non-hydrogen) atoms. The van der Waals surface area contributed by atoms with E-state index in [0.717, 1.165) is 18.4 Å². The van der Waals surface area contributed by atoms with Crippen molar-refractivity contribution in [1.29, 1.82) is 0 Å². The number of nitrogens with one attached hydrogen (secondary N) is 2. The first kappa shape index (κ1) is 17.1. The SMILES string of the molecule is CNS(=O)(=O)CCNC(=O)N1CCC[C@H]1c1ccccc1Cl. The lowest BCUT2D eigenvalue weighted by Crippen LogP contribution is -2.42. The minimum Gasteiger partial charge on any atom is -0.337 e. The third-order valence-corrected chi connectivity index (χ3v) is 5.44. The van der Waals surface area contributed by atoms with Crippen molar-refractivity contribution in [2.45, 2.75) is 18.9 Å². The van der Waals surface area contributed by atoms with Gasteiger partial charge in [-0.25, -0.2) is 17.9 Å². The van der Waals surface area contributed by atoms with E-state index >= 15 is 0 Å². The van der Waals surface area contributed by atoms with Gasteiger partial charge in [-0.2, -0.15) is 0 Å². The third kappa shape index (κ3) is 4.12. The zero-order valence-electron chi connectivity index (χ0n) is 12.4. The maximum atomic E-state index is 12.3. The number of nitrogens with zero attached hydrogens (tertiary/aromatic N) is 1. The smallest absolute Gasteiger partial charge is 0.317 e. The number of amides is 2. The highest BCUT2D eigenvalue weighted by Gasteiger charge is 2.31. The highest BCUT2D eigenvalue weighted by atomic mass is 35.5. The van der Waals surface area contributed by atoms with Crippen molar-refractivity contribution >= 4 is 27.7 Å². The molecule has 1 saturated heterocycles. The van der Waals surface area contributed by atoms with Gasteiger partial charge in [0.05, 0.1) is 11.8 Å². The first-order chi connectivity index (χ1) is 10.4. The summed E-state index contributed by atoms with van der Waals surface area (Å²) < 4.78 is 24.9. The lowest BCUT2D eigenvalue weighted by atomic mass is 10.0. The van der Waals surface area contributed by atoms with Crippen molar-refractivity contribution < 1.29 is 13.2 Å². The van der Waals surface area contributed by atoms with Crippen molar-refractivity contribution in [3.05, 3.63) is 34.9 Å². The van der Waals surface area contributed by atoms with Crippen LogP contribution in [0.4, 0.5) is 4.79 Å². The average molecular weight is 346 g/mol. The van der Waals surface area contributed by atoms with Crippen LogP contribution < -0.4 is 10.0 Å². The van der Waals surface area contributed by atoms with Gasteiger partial charge in [-0.15, -0.1) is 0 Å². The summed E-state index contributed by atoms with van der Waals surface area (Å²) >= 11 is 6.21. The zero-order valence-corrected chi connectivity index (χ0v) is 14.0. The lowest BCUT2D eigenvalue weighted by molar-refractivity contribution is 0.193. The Kier molecular flexibility index (Phi) is 5.66. The van der Waals surface area contributed by atoms with Crippen molar-refractivity contribution in [3.63, 3.8) is 0 Å². The molecule has 0 bridgehead atoms. The van der Waals surface area contributed by atoms with Crippen LogP contribution in [0, 0.1) is 0 Å².